The normalized spacial score (nSPS) is 19.7. The summed E-state index contributed by atoms with van der Waals surface area (Å²) in [6.45, 7) is 5.84. The molecular weight excluding hydrogens is 524 g/mol. The summed E-state index contributed by atoms with van der Waals surface area (Å²) in [6, 6.07) is 9.67. The molecule has 0 fully saturated rings. The summed E-state index contributed by atoms with van der Waals surface area (Å²) < 4.78 is 5.68. The Morgan fingerprint density at radius 1 is 1.03 bits per heavy atom. The van der Waals surface area contributed by atoms with Gasteiger partial charge in [0.2, 0.25) is 0 Å². The lowest BCUT2D eigenvalue weighted by Gasteiger charge is -2.47. The summed E-state index contributed by atoms with van der Waals surface area (Å²) in [5.41, 5.74) is 2.46. The van der Waals surface area contributed by atoms with Crippen LogP contribution in [0, 0.1) is 0 Å². The van der Waals surface area contributed by atoms with Crippen molar-refractivity contribution in [3.63, 3.8) is 0 Å². The van der Waals surface area contributed by atoms with E-state index in [0.717, 1.165) is 60.4 Å². The summed E-state index contributed by atoms with van der Waals surface area (Å²) in [7, 11) is 0. The first-order valence-corrected chi connectivity index (χ1v) is 13.6. The van der Waals surface area contributed by atoms with Crippen molar-refractivity contribution < 1.29 is 14.6 Å². The molecule has 0 aliphatic carbocycles. The van der Waals surface area contributed by atoms with Crippen molar-refractivity contribution in [1.82, 2.24) is 9.80 Å². The van der Waals surface area contributed by atoms with Gasteiger partial charge in [-0.15, -0.1) is 0 Å². The maximum absolute atomic E-state index is 13.3. The van der Waals surface area contributed by atoms with Crippen LogP contribution in [0.25, 0.3) is 0 Å². The van der Waals surface area contributed by atoms with Crippen LogP contribution in [-0.2, 0) is 9.53 Å². The predicted molar refractivity (Wildman–Crippen MR) is 133 cm³/mol. The molecule has 174 valence electrons. The molecule has 2 rings (SSSR count). The number of hydrogen-bond acceptors (Lipinski definition) is 5. The van der Waals surface area contributed by atoms with Gasteiger partial charge in [0.25, 0.3) is 0 Å². The van der Waals surface area contributed by atoms with Gasteiger partial charge >= 0.3 is 5.97 Å². The Morgan fingerprint density at radius 3 is 2.29 bits per heavy atom. The Bertz CT molecular complexity index is 699. The standard InChI is InChI=1S/C24H36Br2N2O3/c1-3-4-18-31-23(29)21-19(2)27(16-10-8-14-25)24(30)28(17-11-9-15-26)22(21)20-12-6-5-7-13-20/h5-7,12-13,22,24,30H,3-4,8-11,14-18H2,1-2H3. The molecule has 1 aliphatic heterocycles. The number of nitrogens with zero attached hydrogens (tertiary/aromatic N) is 2. The van der Waals surface area contributed by atoms with Gasteiger partial charge in [0.1, 0.15) is 0 Å². The van der Waals surface area contributed by atoms with Gasteiger partial charge in [0.05, 0.1) is 18.2 Å². The van der Waals surface area contributed by atoms with E-state index in [2.05, 4.69) is 43.7 Å². The van der Waals surface area contributed by atoms with Crippen LogP contribution >= 0.6 is 31.9 Å². The minimum Gasteiger partial charge on any atom is -0.462 e. The Kier molecular flexibility index (Phi) is 12.2. The number of rotatable bonds is 13. The third-order valence-electron chi connectivity index (χ3n) is 5.65. The Balaban J connectivity index is 2.47. The molecule has 0 spiro atoms. The van der Waals surface area contributed by atoms with Gasteiger partial charge in [-0.2, -0.15) is 0 Å². The number of halogens is 2. The van der Waals surface area contributed by atoms with Crippen LogP contribution in [0.3, 0.4) is 0 Å². The number of aliphatic hydroxyl groups is 1. The number of alkyl halides is 2. The second-order valence-corrected chi connectivity index (χ2v) is 9.46. The molecule has 31 heavy (non-hydrogen) atoms. The molecule has 2 unspecified atom stereocenters. The van der Waals surface area contributed by atoms with Gasteiger partial charge in [-0.05, 0) is 44.6 Å². The fourth-order valence-corrected chi connectivity index (χ4v) is 4.73. The lowest BCUT2D eigenvalue weighted by Crippen LogP contribution is -2.55. The third kappa shape index (κ3) is 7.31. The topological polar surface area (TPSA) is 53.0 Å². The number of carbonyl (C=O) groups is 1. The van der Waals surface area contributed by atoms with Crippen molar-refractivity contribution in [2.45, 2.75) is 64.8 Å². The van der Waals surface area contributed by atoms with E-state index in [1.807, 2.05) is 42.2 Å². The zero-order valence-electron chi connectivity index (χ0n) is 18.7. The molecule has 0 saturated carbocycles. The first-order chi connectivity index (χ1) is 15.1. The van der Waals surface area contributed by atoms with Crippen LogP contribution in [0.15, 0.2) is 41.6 Å². The van der Waals surface area contributed by atoms with Crippen molar-refractivity contribution in [3.05, 3.63) is 47.2 Å². The summed E-state index contributed by atoms with van der Waals surface area (Å²) in [5, 5.41) is 13.2. The second-order valence-electron chi connectivity index (χ2n) is 7.87. The number of allylic oxidation sites excluding steroid dienone is 1. The van der Waals surface area contributed by atoms with E-state index < -0.39 is 6.35 Å². The number of ether oxygens (including phenoxy) is 1. The molecule has 7 heteroatoms. The molecule has 0 amide bonds. The van der Waals surface area contributed by atoms with E-state index in [0.29, 0.717) is 25.3 Å². The first kappa shape index (κ1) is 26.4. The van der Waals surface area contributed by atoms with Gasteiger partial charge in [-0.1, -0.05) is 75.5 Å². The van der Waals surface area contributed by atoms with Crippen LogP contribution in [-0.4, -0.2) is 57.6 Å². The summed E-state index contributed by atoms with van der Waals surface area (Å²) in [5.74, 6) is -0.275. The number of carbonyl (C=O) groups excluding carboxylic acids is 1. The third-order valence-corrected chi connectivity index (χ3v) is 6.77. The fraction of sp³-hybridized carbons (Fsp3) is 0.625. The van der Waals surface area contributed by atoms with Gasteiger partial charge < -0.3 is 14.7 Å². The Morgan fingerprint density at radius 2 is 1.68 bits per heavy atom. The molecule has 5 nitrogen and oxygen atoms in total. The van der Waals surface area contributed by atoms with E-state index in [1.54, 1.807) is 0 Å². The minimum absolute atomic E-state index is 0.275. The van der Waals surface area contributed by atoms with Crippen LogP contribution in [0.1, 0.15) is 64.0 Å². The molecule has 1 aromatic rings. The van der Waals surface area contributed by atoms with E-state index in [1.165, 1.54) is 0 Å². The highest BCUT2D eigenvalue weighted by molar-refractivity contribution is 9.09. The molecule has 2 atom stereocenters. The molecule has 0 radical (unpaired) electrons. The predicted octanol–water partition coefficient (Wildman–Crippen LogP) is 5.59. The lowest BCUT2D eigenvalue weighted by atomic mass is 9.92. The van der Waals surface area contributed by atoms with Crippen molar-refractivity contribution in [3.8, 4) is 0 Å². The average Bonchev–Trinajstić information content (AvgIpc) is 2.78. The molecular formula is C24H36Br2N2O3. The summed E-state index contributed by atoms with van der Waals surface area (Å²) >= 11 is 6.99. The molecule has 1 aromatic carbocycles. The maximum atomic E-state index is 13.3. The SMILES string of the molecule is CCCCOC(=O)C1=C(C)N(CCCCBr)C(O)N(CCCCBr)C1c1ccccc1. The van der Waals surface area contributed by atoms with Gasteiger partial charge in [-0.3, -0.25) is 0 Å². The number of unbranched alkanes of at least 4 members (excludes halogenated alkanes) is 3. The average molecular weight is 560 g/mol. The van der Waals surface area contributed by atoms with E-state index in [-0.39, 0.29) is 12.0 Å². The molecule has 1 aliphatic rings. The van der Waals surface area contributed by atoms with Crippen LogP contribution < -0.4 is 0 Å². The van der Waals surface area contributed by atoms with E-state index in [9.17, 15) is 9.90 Å². The monoisotopic (exact) mass is 558 g/mol. The van der Waals surface area contributed by atoms with Crippen molar-refractivity contribution in [1.29, 1.82) is 0 Å². The Hall–Kier alpha value is -0.890. The maximum Gasteiger partial charge on any atom is 0.337 e. The van der Waals surface area contributed by atoms with Crippen molar-refractivity contribution >= 4 is 37.8 Å². The highest BCUT2D eigenvalue weighted by Gasteiger charge is 2.42. The fourth-order valence-electron chi connectivity index (χ4n) is 3.94. The molecule has 1 N–H and O–H groups in total. The first-order valence-electron chi connectivity index (χ1n) is 11.3. The minimum atomic E-state index is -0.775. The second kappa shape index (κ2) is 14.3. The van der Waals surface area contributed by atoms with Gasteiger partial charge in [-0.25, -0.2) is 9.69 Å². The largest absolute Gasteiger partial charge is 0.462 e. The zero-order valence-corrected chi connectivity index (χ0v) is 21.9. The quantitative estimate of drug-likeness (QED) is 0.194. The number of aliphatic hydroxyl groups excluding tert-OH is 1. The zero-order chi connectivity index (χ0) is 22.6. The van der Waals surface area contributed by atoms with E-state index in [4.69, 9.17) is 4.74 Å². The van der Waals surface area contributed by atoms with Gasteiger partial charge in [0, 0.05) is 29.4 Å². The highest BCUT2D eigenvalue weighted by Crippen LogP contribution is 2.39. The van der Waals surface area contributed by atoms with Crippen molar-refractivity contribution in [2.24, 2.45) is 0 Å². The number of benzene rings is 1. The molecule has 0 saturated heterocycles. The molecule has 0 aromatic heterocycles. The van der Waals surface area contributed by atoms with Crippen LogP contribution in [0.4, 0.5) is 0 Å². The van der Waals surface area contributed by atoms with Crippen LogP contribution in [0.2, 0.25) is 0 Å². The summed E-state index contributed by atoms with van der Waals surface area (Å²) in [4.78, 5) is 17.3. The Labute approximate surface area is 204 Å². The van der Waals surface area contributed by atoms with Crippen LogP contribution in [0.5, 0.6) is 0 Å². The van der Waals surface area contributed by atoms with Gasteiger partial charge in [0.15, 0.2) is 6.35 Å². The highest BCUT2D eigenvalue weighted by atomic mass is 79.9. The van der Waals surface area contributed by atoms with Crippen molar-refractivity contribution in [2.75, 3.05) is 30.4 Å². The lowest BCUT2D eigenvalue weighted by molar-refractivity contribution is -0.149. The number of esters is 1. The molecule has 1 heterocycles. The van der Waals surface area contributed by atoms with E-state index >= 15 is 0 Å². The molecule has 0 bridgehead atoms. The smallest absolute Gasteiger partial charge is 0.337 e. The summed E-state index contributed by atoms with van der Waals surface area (Å²) in [6.07, 6.45) is 4.93. The number of hydrogen-bond donors (Lipinski definition) is 1.